The van der Waals surface area contributed by atoms with E-state index in [1.54, 1.807) is 4.90 Å². The van der Waals surface area contributed by atoms with Gasteiger partial charge >= 0.3 is 6.09 Å². The van der Waals surface area contributed by atoms with Crippen molar-refractivity contribution in [1.82, 2.24) is 4.31 Å². The number of piperidine rings is 1. The highest BCUT2D eigenvalue weighted by molar-refractivity contribution is 7.89. The lowest BCUT2D eigenvalue weighted by molar-refractivity contribution is 0.135. The molecule has 7 nitrogen and oxygen atoms in total. The lowest BCUT2D eigenvalue weighted by Crippen LogP contribution is -2.50. The van der Waals surface area contributed by atoms with E-state index in [4.69, 9.17) is 27.9 Å². The number of para-hydroxylation sites is 1. The quantitative estimate of drug-likeness (QED) is 0.721. The van der Waals surface area contributed by atoms with Gasteiger partial charge in [-0.25, -0.2) is 13.2 Å². The van der Waals surface area contributed by atoms with Gasteiger partial charge in [0.05, 0.1) is 20.6 Å². The Morgan fingerprint density at radius 3 is 2.40 bits per heavy atom. The maximum Gasteiger partial charge on any atom is 0.414 e. The van der Waals surface area contributed by atoms with E-state index in [0.29, 0.717) is 12.8 Å². The molecular formula is C20H20Cl2N2O5S. The van der Waals surface area contributed by atoms with Gasteiger partial charge in [-0.1, -0.05) is 41.4 Å². The first-order valence-electron chi connectivity index (χ1n) is 9.43. The smallest absolute Gasteiger partial charge is 0.414 e. The molecule has 30 heavy (non-hydrogen) atoms. The molecule has 0 saturated carbocycles. The number of nitrogens with zero attached hydrogens (tertiary/aromatic N) is 2. The first-order chi connectivity index (χ1) is 14.2. The topological polar surface area (TPSA) is 87.2 Å². The Kier molecular flexibility index (Phi) is 5.61. The highest BCUT2D eigenvalue weighted by Crippen LogP contribution is 2.37. The summed E-state index contributed by atoms with van der Waals surface area (Å²) >= 11 is 11.8. The number of aryl methyl sites for hydroxylation is 1. The van der Waals surface area contributed by atoms with Crippen LogP contribution < -0.4 is 4.90 Å². The van der Waals surface area contributed by atoms with Gasteiger partial charge < -0.3 is 9.84 Å². The van der Waals surface area contributed by atoms with Crippen LogP contribution in [-0.4, -0.2) is 43.1 Å². The lowest BCUT2D eigenvalue weighted by Gasteiger charge is -2.40. The van der Waals surface area contributed by atoms with E-state index in [9.17, 15) is 18.3 Å². The molecular weight excluding hydrogens is 451 g/mol. The predicted molar refractivity (Wildman–Crippen MR) is 114 cm³/mol. The van der Waals surface area contributed by atoms with Gasteiger partial charge in [0.2, 0.25) is 10.0 Å². The van der Waals surface area contributed by atoms with Gasteiger partial charge in [0.1, 0.15) is 6.61 Å². The third-order valence-corrected chi connectivity index (χ3v) is 7.98. The summed E-state index contributed by atoms with van der Waals surface area (Å²) in [6.07, 6.45) is 0.513. The van der Waals surface area contributed by atoms with E-state index in [-0.39, 0.29) is 46.4 Å². The Balaban J connectivity index is 1.56. The van der Waals surface area contributed by atoms with Crippen LogP contribution in [0.5, 0.6) is 5.75 Å². The fraction of sp³-hybridized carbons (Fsp3) is 0.350. The predicted octanol–water partition coefficient (Wildman–Crippen LogP) is 4.32. The third-order valence-electron chi connectivity index (χ3n) is 5.53. The van der Waals surface area contributed by atoms with Crippen LogP contribution in [0.4, 0.5) is 10.5 Å². The minimum atomic E-state index is -3.84. The Morgan fingerprint density at radius 1 is 1.13 bits per heavy atom. The molecule has 2 aliphatic heterocycles. The van der Waals surface area contributed by atoms with Crippen molar-refractivity contribution >= 4 is 45.0 Å². The van der Waals surface area contributed by atoms with Crippen LogP contribution in [0.15, 0.2) is 35.2 Å². The number of benzene rings is 2. The number of amides is 1. The van der Waals surface area contributed by atoms with Crippen molar-refractivity contribution in [1.29, 1.82) is 0 Å². The standard InChI is InChI=1S/C20H20Cl2N2O5S/c1-12-3-2-4-13-11-29-20(26)24(18(12)13)14-5-7-23(8-6-14)30(27,28)15-9-16(21)19(25)17(22)10-15/h2-4,9-10,14,25H,5-8,11H2,1H3. The third kappa shape index (κ3) is 3.62. The molecule has 4 rings (SSSR count). The zero-order chi connectivity index (χ0) is 21.6. The number of hydrogen-bond donors (Lipinski definition) is 1. The summed E-state index contributed by atoms with van der Waals surface area (Å²) in [7, 11) is -3.84. The number of rotatable bonds is 3. The maximum atomic E-state index is 13.0. The van der Waals surface area contributed by atoms with Crippen LogP contribution in [0.2, 0.25) is 10.0 Å². The average molecular weight is 471 g/mol. The molecule has 2 aromatic carbocycles. The summed E-state index contributed by atoms with van der Waals surface area (Å²) < 4.78 is 32.7. The summed E-state index contributed by atoms with van der Waals surface area (Å²) in [5, 5.41) is 9.44. The second-order valence-corrected chi connectivity index (χ2v) is 10.1. The Hall–Kier alpha value is -2.00. The second kappa shape index (κ2) is 7.92. The number of phenolic OH excluding ortho intramolecular Hbond substituents is 1. The second-order valence-electron chi connectivity index (χ2n) is 7.38. The van der Waals surface area contributed by atoms with Crippen LogP contribution in [0.25, 0.3) is 0 Å². The molecule has 1 fully saturated rings. The molecule has 0 aliphatic carbocycles. The monoisotopic (exact) mass is 470 g/mol. The van der Waals surface area contributed by atoms with Crippen molar-refractivity contribution < 1.29 is 23.1 Å². The molecule has 2 heterocycles. The van der Waals surface area contributed by atoms with Crippen molar-refractivity contribution in [3.8, 4) is 5.75 Å². The molecule has 10 heteroatoms. The Labute approximate surface area is 184 Å². The number of sulfonamides is 1. The highest BCUT2D eigenvalue weighted by atomic mass is 35.5. The Bertz CT molecular complexity index is 1090. The molecule has 0 radical (unpaired) electrons. The number of carbonyl (C=O) groups excluding carboxylic acids is 1. The van der Waals surface area contributed by atoms with Crippen LogP contribution in [0, 0.1) is 6.92 Å². The van der Waals surface area contributed by atoms with E-state index in [2.05, 4.69) is 0 Å². The molecule has 0 bridgehead atoms. The van der Waals surface area contributed by atoms with Crippen LogP contribution in [0.3, 0.4) is 0 Å². The largest absolute Gasteiger partial charge is 0.505 e. The Morgan fingerprint density at radius 2 is 1.77 bits per heavy atom. The summed E-state index contributed by atoms with van der Waals surface area (Å²) in [4.78, 5) is 14.1. The van der Waals surface area contributed by atoms with Gasteiger partial charge in [0, 0.05) is 24.7 Å². The van der Waals surface area contributed by atoms with Crippen molar-refractivity contribution in [2.24, 2.45) is 0 Å². The number of hydrogen-bond acceptors (Lipinski definition) is 5. The van der Waals surface area contributed by atoms with E-state index in [0.717, 1.165) is 16.8 Å². The van der Waals surface area contributed by atoms with E-state index >= 15 is 0 Å². The fourth-order valence-electron chi connectivity index (χ4n) is 3.99. The SMILES string of the molecule is Cc1cccc2c1N(C1CCN(S(=O)(=O)c3cc(Cl)c(O)c(Cl)c3)CC1)C(=O)OC2. The van der Waals surface area contributed by atoms with Crippen molar-refractivity contribution in [3.05, 3.63) is 51.5 Å². The van der Waals surface area contributed by atoms with Crippen LogP contribution in [0.1, 0.15) is 24.0 Å². The van der Waals surface area contributed by atoms with Crippen molar-refractivity contribution in [2.45, 2.75) is 37.3 Å². The number of aromatic hydroxyl groups is 1. The van der Waals surface area contributed by atoms with Gasteiger partial charge in [0.25, 0.3) is 0 Å². The molecule has 2 aliphatic rings. The molecule has 0 aromatic heterocycles. The summed E-state index contributed by atoms with van der Waals surface area (Å²) in [6.45, 7) is 2.65. The molecule has 1 saturated heterocycles. The number of fused-ring (bicyclic) bond motifs is 1. The first kappa shape index (κ1) is 21.2. The normalized spacial score (nSPS) is 18.2. The number of ether oxygens (including phenoxy) is 1. The number of anilines is 1. The van der Waals surface area contributed by atoms with E-state index < -0.39 is 16.1 Å². The molecule has 0 unspecified atom stereocenters. The molecule has 0 spiro atoms. The maximum absolute atomic E-state index is 13.0. The van der Waals surface area contributed by atoms with Crippen molar-refractivity contribution in [3.63, 3.8) is 0 Å². The zero-order valence-corrected chi connectivity index (χ0v) is 18.5. The molecule has 2 aromatic rings. The minimum Gasteiger partial charge on any atom is -0.505 e. The molecule has 160 valence electrons. The number of halogens is 2. The first-order valence-corrected chi connectivity index (χ1v) is 11.6. The van der Waals surface area contributed by atoms with Gasteiger partial charge in [0.15, 0.2) is 5.75 Å². The number of carbonyl (C=O) groups is 1. The number of cyclic esters (lactones) is 1. The van der Waals surface area contributed by atoms with Crippen molar-refractivity contribution in [2.75, 3.05) is 18.0 Å². The summed E-state index contributed by atoms with van der Waals surface area (Å²) in [5.74, 6) is -0.353. The molecule has 0 atom stereocenters. The van der Waals surface area contributed by atoms with E-state index in [1.165, 1.54) is 16.4 Å². The van der Waals surface area contributed by atoms with Gasteiger partial charge in [-0.05, 0) is 37.5 Å². The molecule has 1 N–H and O–H groups in total. The number of phenols is 1. The fourth-order valence-corrected chi connectivity index (χ4v) is 6.13. The van der Waals surface area contributed by atoms with Crippen LogP contribution in [-0.2, 0) is 21.4 Å². The summed E-state index contributed by atoms with van der Waals surface area (Å²) in [6, 6.07) is 8.00. The van der Waals surface area contributed by atoms with Crippen LogP contribution >= 0.6 is 23.2 Å². The van der Waals surface area contributed by atoms with Gasteiger partial charge in [-0.3, -0.25) is 4.90 Å². The highest BCUT2D eigenvalue weighted by Gasteiger charge is 2.38. The zero-order valence-electron chi connectivity index (χ0n) is 16.1. The molecule has 1 amide bonds. The summed E-state index contributed by atoms with van der Waals surface area (Å²) in [5.41, 5.74) is 2.78. The average Bonchev–Trinajstić information content (AvgIpc) is 2.72. The van der Waals surface area contributed by atoms with E-state index in [1.807, 2.05) is 25.1 Å². The minimum absolute atomic E-state index is 0.0766. The van der Waals surface area contributed by atoms with Gasteiger partial charge in [-0.15, -0.1) is 0 Å². The lowest BCUT2D eigenvalue weighted by atomic mass is 10.00. The van der Waals surface area contributed by atoms with Gasteiger partial charge in [-0.2, -0.15) is 4.31 Å².